The Morgan fingerprint density at radius 3 is 2.04 bits per heavy atom. The second-order valence-electron chi connectivity index (χ2n) is 11.2. The number of hydrogen-bond acceptors (Lipinski definition) is 10. The lowest BCUT2D eigenvalue weighted by Crippen LogP contribution is -2.38. The number of aldehydes is 1. The Morgan fingerprint density at radius 1 is 0.816 bits per heavy atom. The molecule has 2 aromatic carbocycles. The lowest BCUT2D eigenvalue weighted by atomic mass is 9.98. The first-order valence-corrected chi connectivity index (χ1v) is 16.0. The quantitative estimate of drug-likeness (QED) is 0.0330. The number of aromatic nitrogens is 2. The molecule has 1 unspecified atom stereocenters. The van der Waals surface area contributed by atoms with Crippen LogP contribution in [0.3, 0.4) is 0 Å². The zero-order valence-electron chi connectivity index (χ0n) is 27.0. The Hall–Kier alpha value is -5.57. The number of unbranched alkanes of at least 4 members (excludes halogenated alkanes) is 1. The van der Waals surface area contributed by atoms with Gasteiger partial charge < -0.3 is 34.0 Å². The zero-order valence-corrected chi connectivity index (χ0v) is 27.8. The van der Waals surface area contributed by atoms with Crippen LogP contribution in [-0.4, -0.2) is 65.4 Å². The van der Waals surface area contributed by atoms with Crippen LogP contribution in [0.25, 0.3) is 11.1 Å². The molecule has 0 radical (unpaired) electrons. The topological polar surface area (TPSA) is 273 Å². The molecular formula is C33H42ClN11O4. The summed E-state index contributed by atoms with van der Waals surface area (Å²) in [6.07, 6.45) is 4.44. The van der Waals surface area contributed by atoms with Crippen molar-refractivity contribution in [2.24, 2.45) is 33.1 Å². The number of nitrogen functional groups attached to an aromatic ring is 2. The fourth-order valence-corrected chi connectivity index (χ4v) is 4.89. The van der Waals surface area contributed by atoms with Gasteiger partial charge in [0, 0.05) is 32.0 Å². The third-order valence-electron chi connectivity index (χ3n) is 7.47. The molecule has 0 aliphatic rings. The van der Waals surface area contributed by atoms with Crippen molar-refractivity contribution in [1.29, 1.82) is 0 Å². The summed E-state index contributed by atoms with van der Waals surface area (Å²) < 4.78 is 0. The largest absolute Gasteiger partial charge is 0.382 e. The van der Waals surface area contributed by atoms with E-state index >= 15 is 0 Å². The van der Waals surface area contributed by atoms with Gasteiger partial charge >= 0.3 is 0 Å². The van der Waals surface area contributed by atoms with Gasteiger partial charge in [0.25, 0.3) is 5.91 Å². The van der Waals surface area contributed by atoms with Gasteiger partial charge in [-0.15, -0.1) is 0 Å². The summed E-state index contributed by atoms with van der Waals surface area (Å²) in [5.74, 6) is -2.40. The number of carbonyl (C=O) groups is 4. The maximum absolute atomic E-state index is 12.4. The SMILES string of the molecule is NC(N)=NCCCC(CNC(=O)CCc1ccc(-c2ccc(CCCCN=C(N)NC(=O)c3nc(Cl)c(N)nc3N)cc2)cc1)C(=O)C=O. The second-order valence-corrected chi connectivity index (χ2v) is 11.5. The van der Waals surface area contributed by atoms with E-state index in [4.69, 9.17) is 40.3 Å². The fourth-order valence-electron chi connectivity index (χ4n) is 4.76. The highest BCUT2D eigenvalue weighted by atomic mass is 35.5. The van der Waals surface area contributed by atoms with E-state index in [1.807, 2.05) is 24.3 Å². The number of aliphatic imine (C=N–C) groups is 2. The summed E-state index contributed by atoms with van der Waals surface area (Å²) in [6, 6.07) is 16.3. The van der Waals surface area contributed by atoms with Gasteiger partial charge in [-0.1, -0.05) is 60.1 Å². The van der Waals surface area contributed by atoms with Crippen molar-refractivity contribution in [2.75, 3.05) is 31.1 Å². The monoisotopic (exact) mass is 691 g/mol. The van der Waals surface area contributed by atoms with Crippen LogP contribution in [0.4, 0.5) is 11.6 Å². The van der Waals surface area contributed by atoms with Crippen LogP contribution >= 0.6 is 11.6 Å². The average molecular weight is 692 g/mol. The molecule has 16 heteroatoms. The number of halogens is 1. The van der Waals surface area contributed by atoms with Gasteiger partial charge in [-0.05, 0) is 60.8 Å². The number of anilines is 2. The maximum Gasteiger partial charge on any atom is 0.280 e. The number of amides is 2. The molecule has 12 N–H and O–H groups in total. The molecule has 3 aromatic rings. The van der Waals surface area contributed by atoms with E-state index in [2.05, 4.69) is 54.9 Å². The zero-order chi connectivity index (χ0) is 35.8. The van der Waals surface area contributed by atoms with Crippen molar-refractivity contribution in [3.05, 3.63) is 70.5 Å². The van der Waals surface area contributed by atoms with Crippen LogP contribution < -0.4 is 39.3 Å². The number of Topliss-reactive ketones (excluding diaryl/α,β-unsaturated/α-hetero) is 1. The molecule has 260 valence electrons. The van der Waals surface area contributed by atoms with E-state index < -0.39 is 17.6 Å². The first kappa shape index (κ1) is 37.9. The van der Waals surface area contributed by atoms with E-state index in [1.54, 1.807) is 0 Å². The summed E-state index contributed by atoms with van der Waals surface area (Å²) in [5.41, 5.74) is 31.7. The van der Waals surface area contributed by atoms with Gasteiger partial charge in [0.05, 0.1) is 0 Å². The number of benzene rings is 2. The standard InChI is InChI=1S/C33H42ClN11O4/c34-28-30(36)44-29(35)27(43-28)31(49)45-33(39)41-16-2-1-4-20-6-11-22(12-7-20)23-13-8-21(9-14-23)10-15-26(48)42-18-24(25(47)19-46)5-3-17-40-32(37)38/h6-9,11-14,19,24H,1-5,10,15-18H2,(H,42,48)(H4,35,36,44)(H4,37,38,40)(H3,39,41,45,49). The molecule has 0 spiro atoms. The van der Waals surface area contributed by atoms with Gasteiger partial charge in [0.2, 0.25) is 5.91 Å². The Labute approximate surface area is 289 Å². The molecule has 2 amide bonds. The number of nitrogens with one attached hydrogen (secondary N) is 2. The number of rotatable bonds is 18. The third-order valence-corrected chi connectivity index (χ3v) is 7.75. The van der Waals surface area contributed by atoms with Gasteiger partial charge in [-0.25, -0.2) is 9.97 Å². The van der Waals surface area contributed by atoms with E-state index in [0.717, 1.165) is 36.0 Å². The van der Waals surface area contributed by atoms with Crippen molar-refractivity contribution in [2.45, 2.75) is 44.9 Å². The summed E-state index contributed by atoms with van der Waals surface area (Å²) >= 11 is 5.82. The molecule has 1 aromatic heterocycles. The molecule has 0 aliphatic carbocycles. The number of hydrogen-bond donors (Lipinski definition) is 7. The van der Waals surface area contributed by atoms with Crippen LogP contribution in [0.1, 0.15) is 53.7 Å². The smallest absolute Gasteiger partial charge is 0.280 e. The van der Waals surface area contributed by atoms with Gasteiger partial charge in [-0.3, -0.25) is 34.5 Å². The summed E-state index contributed by atoms with van der Waals surface area (Å²) in [6.45, 7) is 0.851. The molecule has 49 heavy (non-hydrogen) atoms. The van der Waals surface area contributed by atoms with Gasteiger partial charge in [0.15, 0.2) is 46.5 Å². The van der Waals surface area contributed by atoms with Crippen LogP contribution in [-0.2, 0) is 27.2 Å². The molecule has 0 fully saturated rings. The highest BCUT2D eigenvalue weighted by Gasteiger charge is 2.19. The number of carbonyl (C=O) groups excluding carboxylic acids is 4. The van der Waals surface area contributed by atoms with Crippen molar-refractivity contribution >= 4 is 59.0 Å². The van der Waals surface area contributed by atoms with Crippen molar-refractivity contribution in [3.8, 4) is 11.1 Å². The first-order valence-electron chi connectivity index (χ1n) is 15.7. The molecule has 3 rings (SSSR count). The number of nitrogens with two attached hydrogens (primary N) is 5. The normalized spacial score (nSPS) is 11.7. The molecule has 1 atom stereocenters. The highest BCUT2D eigenvalue weighted by molar-refractivity contribution is 6.31. The van der Waals surface area contributed by atoms with Crippen molar-refractivity contribution < 1.29 is 19.2 Å². The Kier molecular flexibility index (Phi) is 14.9. The average Bonchev–Trinajstić information content (AvgIpc) is 3.08. The van der Waals surface area contributed by atoms with Crippen LogP contribution in [0.2, 0.25) is 5.15 Å². The number of aryl methyl sites for hydroxylation is 2. The third kappa shape index (κ3) is 12.9. The van der Waals surface area contributed by atoms with E-state index in [-0.39, 0.29) is 59.6 Å². The number of nitrogens with zero attached hydrogens (tertiary/aromatic N) is 4. The lowest BCUT2D eigenvalue weighted by Gasteiger charge is -2.13. The molecule has 0 bridgehead atoms. The summed E-state index contributed by atoms with van der Waals surface area (Å²) in [5, 5.41) is 5.04. The summed E-state index contributed by atoms with van der Waals surface area (Å²) in [4.78, 5) is 63.3. The fraction of sp³-hybridized carbons (Fsp3) is 0.333. The molecule has 15 nitrogen and oxygen atoms in total. The minimum Gasteiger partial charge on any atom is -0.382 e. The van der Waals surface area contributed by atoms with E-state index in [0.29, 0.717) is 32.4 Å². The van der Waals surface area contributed by atoms with E-state index in [9.17, 15) is 19.2 Å². The Bertz CT molecular complexity index is 1660. The Balaban J connectivity index is 1.38. The minimum atomic E-state index is -0.684. The first-order chi connectivity index (χ1) is 23.5. The highest BCUT2D eigenvalue weighted by Crippen LogP contribution is 2.22. The van der Waals surface area contributed by atoms with E-state index in [1.165, 1.54) is 5.56 Å². The van der Waals surface area contributed by atoms with Crippen molar-refractivity contribution in [1.82, 2.24) is 20.6 Å². The minimum absolute atomic E-state index is 0.0373. The second kappa shape index (κ2) is 19.3. The predicted molar refractivity (Wildman–Crippen MR) is 190 cm³/mol. The Morgan fingerprint density at radius 2 is 1.43 bits per heavy atom. The molecule has 0 saturated carbocycles. The predicted octanol–water partition coefficient (Wildman–Crippen LogP) is 1.52. The van der Waals surface area contributed by atoms with Crippen LogP contribution in [0.15, 0.2) is 58.5 Å². The molecular weight excluding hydrogens is 650 g/mol. The lowest BCUT2D eigenvalue weighted by molar-refractivity contribution is -0.133. The number of guanidine groups is 2. The van der Waals surface area contributed by atoms with Gasteiger partial charge in [-0.2, -0.15) is 0 Å². The van der Waals surface area contributed by atoms with Gasteiger partial charge in [0.1, 0.15) is 0 Å². The number of ketones is 1. The molecule has 0 saturated heterocycles. The van der Waals surface area contributed by atoms with Crippen molar-refractivity contribution in [3.63, 3.8) is 0 Å². The summed E-state index contributed by atoms with van der Waals surface area (Å²) in [7, 11) is 0. The molecule has 1 heterocycles. The van der Waals surface area contributed by atoms with Crippen LogP contribution in [0, 0.1) is 5.92 Å². The van der Waals surface area contributed by atoms with Crippen LogP contribution in [0.5, 0.6) is 0 Å². The molecule has 0 aliphatic heterocycles. The maximum atomic E-state index is 12.4.